The molecule has 1 aliphatic carbocycles. The number of pyridine rings is 1. The smallest absolute Gasteiger partial charge is 0.408 e. The summed E-state index contributed by atoms with van der Waals surface area (Å²) in [5.41, 5.74) is -1.67. The number of nitrogens with zero attached hydrogens (tertiary/aromatic N) is 6. The summed E-state index contributed by atoms with van der Waals surface area (Å²) < 4.78 is 5.43. The fraction of sp³-hybridized carbons (Fsp3) is 0.586. The van der Waals surface area contributed by atoms with Crippen molar-refractivity contribution in [3.63, 3.8) is 0 Å². The highest BCUT2D eigenvalue weighted by Gasteiger charge is 2.61. The van der Waals surface area contributed by atoms with Crippen molar-refractivity contribution in [1.29, 1.82) is 0 Å². The van der Waals surface area contributed by atoms with Crippen LogP contribution >= 0.6 is 0 Å². The third-order valence-electron chi connectivity index (χ3n) is 7.98. The fourth-order valence-electron chi connectivity index (χ4n) is 5.67. The van der Waals surface area contributed by atoms with Crippen molar-refractivity contribution in [2.45, 2.75) is 95.0 Å². The van der Waals surface area contributed by atoms with Gasteiger partial charge in [0.25, 0.3) is 0 Å². The molecule has 3 amide bonds. The lowest BCUT2D eigenvalue weighted by Crippen LogP contribution is -2.56. The van der Waals surface area contributed by atoms with E-state index in [4.69, 9.17) is 4.74 Å². The Morgan fingerprint density at radius 1 is 1.19 bits per heavy atom. The standard InChI is InChI=1S/C29H38N8O6/c1-28(2,3)43-27(42)31-21-13-8-6-4-5-7-11-18-16-29(18,26(40)41)32-24(38)22-15-19(17-36(22)25(21)39)37-34-23(33-35-37)20-12-9-10-14-30-20/h7,9-12,14,18-19,21-22H,4-6,8,13,15-17H2,1-3H3,(H,31,42)(H,32,38)(H,40,41)/b11-7-/t18-,19+,21-,22+,29+/m1/s1. The van der Waals surface area contributed by atoms with E-state index in [1.807, 2.05) is 12.2 Å². The molecule has 0 unspecified atom stereocenters. The Bertz CT molecular complexity index is 1390. The molecule has 2 aromatic heterocycles. The van der Waals surface area contributed by atoms with Gasteiger partial charge in [0, 0.05) is 25.1 Å². The molecular weight excluding hydrogens is 556 g/mol. The van der Waals surface area contributed by atoms with Crippen LogP contribution in [-0.2, 0) is 19.1 Å². The number of ether oxygens (including phenoxy) is 1. The highest BCUT2D eigenvalue weighted by Crippen LogP contribution is 2.45. The van der Waals surface area contributed by atoms with Gasteiger partial charge in [-0.15, -0.1) is 10.2 Å². The van der Waals surface area contributed by atoms with Crippen LogP contribution in [0.1, 0.15) is 71.8 Å². The lowest BCUT2D eigenvalue weighted by molar-refractivity contribution is -0.145. The Morgan fingerprint density at radius 3 is 2.72 bits per heavy atom. The quantitative estimate of drug-likeness (QED) is 0.444. The number of hydrogen-bond acceptors (Lipinski definition) is 9. The molecule has 4 heterocycles. The molecule has 0 spiro atoms. The van der Waals surface area contributed by atoms with Gasteiger partial charge in [0.2, 0.25) is 17.6 Å². The zero-order valence-electron chi connectivity index (χ0n) is 24.6. The normalized spacial score (nSPS) is 28.9. The summed E-state index contributed by atoms with van der Waals surface area (Å²) in [6.45, 7) is 5.26. The number of allylic oxidation sites excluding steroid dienone is 1. The Balaban J connectivity index is 1.44. The van der Waals surface area contributed by atoms with Crippen LogP contribution in [0.5, 0.6) is 0 Å². The lowest BCUT2D eigenvalue weighted by Gasteiger charge is -2.30. The van der Waals surface area contributed by atoms with E-state index in [1.165, 1.54) is 9.70 Å². The molecule has 0 radical (unpaired) electrons. The van der Waals surface area contributed by atoms with Gasteiger partial charge in [-0.1, -0.05) is 31.1 Å². The van der Waals surface area contributed by atoms with Crippen molar-refractivity contribution in [2.75, 3.05) is 6.54 Å². The molecule has 5 atom stereocenters. The molecule has 0 aromatic carbocycles. The summed E-state index contributed by atoms with van der Waals surface area (Å²) in [5.74, 6) is -2.19. The molecule has 5 rings (SSSR count). The van der Waals surface area contributed by atoms with Gasteiger partial charge in [0.1, 0.15) is 28.9 Å². The van der Waals surface area contributed by atoms with Crippen LogP contribution in [0, 0.1) is 5.92 Å². The SMILES string of the molecule is CC(C)(C)OC(=O)N[C@@H]1CCCCC/C=C\[C@@H]2C[C@]2(C(=O)O)NC(=O)[C@@H]2C[C@H](n3nnc(-c4ccccn4)n3)CN2C1=O. The average Bonchev–Trinajstić information content (AvgIpc) is 3.28. The van der Waals surface area contributed by atoms with Crippen LogP contribution < -0.4 is 10.6 Å². The number of carbonyl (C=O) groups is 4. The molecule has 14 nitrogen and oxygen atoms in total. The minimum atomic E-state index is -1.42. The van der Waals surface area contributed by atoms with E-state index in [0.717, 1.165) is 19.3 Å². The second-order valence-electron chi connectivity index (χ2n) is 12.4. The van der Waals surface area contributed by atoms with Crippen molar-refractivity contribution >= 4 is 23.9 Å². The van der Waals surface area contributed by atoms with Crippen molar-refractivity contribution in [1.82, 2.24) is 40.7 Å². The summed E-state index contributed by atoms with van der Waals surface area (Å²) in [7, 11) is 0. The number of amides is 3. The first-order valence-corrected chi connectivity index (χ1v) is 14.7. The maximum atomic E-state index is 14.1. The number of carboxylic acids is 1. The van der Waals surface area contributed by atoms with E-state index in [1.54, 1.807) is 45.2 Å². The number of hydrogen-bond donors (Lipinski definition) is 3. The van der Waals surface area contributed by atoms with Crippen LogP contribution in [0.2, 0.25) is 0 Å². The van der Waals surface area contributed by atoms with Crippen LogP contribution in [0.25, 0.3) is 11.5 Å². The number of nitrogens with one attached hydrogen (secondary N) is 2. The summed E-state index contributed by atoms with van der Waals surface area (Å²) in [6.07, 6.45) is 8.51. The summed E-state index contributed by atoms with van der Waals surface area (Å²) >= 11 is 0. The lowest BCUT2D eigenvalue weighted by atomic mass is 10.0. The Labute approximate surface area is 249 Å². The van der Waals surface area contributed by atoms with Crippen LogP contribution in [0.3, 0.4) is 0 Å². The number of tetrazole rings is 1. The second kappa shape index (κ2) is 12.1. The number of carbonyl (C=O) groups excluding carboxylic acids is 3. The van der Waals surface area contributed by atoms with Gasteiger partial charge in [-0.2, -0.15) is 4.80 Å². The van der Waals surface area contributed by atoms with Gasteiger partial charge in [0.15, 0.2) is 0 Å². The molecule has 2 fully saturated rings. The first-order chi connectivity index (χ1) is 20.5. The molecule has 3 aliphatic rings. The Kier molecular flexibility index (Phi) is 8.47. The van der Waals surface area contributed by atoms with Gasteiger partial charge in [-0.05, 0) is 63.8 Å². The molecule has 43 heavy (non-hydrogen) atoms. The minimum absolute atomic E-state index is 0.0604. The van der Waals surface area contributed by atoms with E-state index in [0.29, 0.717) is 24.4 Å². The number of aromatic nitrogens is 5. The maximum Gasteiger partial charge on any atom is 0.408 e. The molecule has 1 saturated carbocycles. The van der Waals surface area contributed by atoms with Gasteiger partial charge >= 0.3 is 12.1 Å². The third kappa shape index (κ3) is 6.83. The highest BCUT2D eigenvalue weighted by atomic mass is 16.6. The molecule has 2 aromatic rings. The van der Waals surface area contributed by atoms with Crippen molar-refractivity contribution < 1.29 is 29.0 Å². The summed E-state index contributed by atoms with van der Waals surface area (Å²) in [5, 5.41) is 28.3. The van der Waals surface area contributed by atoms with Crippen molar-refractivity contribution in [2.24, 2.45) is 5.92 Å². The number of fused-ring (bicyclic) bond motifs is 2. The van der Waals surface area contributed by atoms with E-state index in [-0.39, 0.29) is 25.3 Å². The first-order valence-electron chi connectivity index (χ1n) is 14.7. The second-order valence-corrected chi connectivity index (χ2v) is 12.4. The molecule has 2 aliphatic heterocycles. The maximum absolute atomic E-state index is 14.1. The predicted octanol–water partition coefficient (Wildman–Crippen LogP) is 2.25. The van der Waals surface area contributed by atoms with Crippen molar-refractivity contribution in [3.8, 4) is 11.5 Å². The zero-order valence-corrected chi connectivity index (χ0v) is 24.6. The first kappa shape index (κ1) is 30.1. The summed E-state index contributed by atoms with van der Waals surface area (Å²) in [4.78, 5) is 59.9. The molecular formula is C29H38N8O6. The van der Waals surface area contributed by atoms with Gasteiger partial charge < -0.3 is 25.4 Å². The predicted molar refractivity (Wildman–Crippen MR) is 152 cm³/mol. The van der Waals surface area contributed by atoms with E-state index < -0.39 is 53.1 Å². The molecule has 14 heteroatoms. The van der Waals surface area contributed by atoms with E-state index in [9.17, 15) is 24.3 Å². The topological polar surface area (TPSA) is 182 Å². The van der Waals surface area contributed by atoms with Crippen LogP contribution in [-0.4, -0.2) is 88.8 Å². The van der Waals surface area contributed by atoms with Gasteiger partial charge in [0.05, 0.1) is 6.04 Å². The molecule has 3 N–H and O–H groups in total. The summed E-state index contributed by atoms with van der Waals surface area (Å²) in [6, 6.07) is 2.83. The minimum Gasteiger partial charge on any atom is -0.479 e. The van der Waals surface area contributed by atoms with Crippen molar-refractivity contribution in [3.05, 3.63) is 36.5 Å². The number of aliphatic carboxylic acids is 1. The van der Waals surface area contributed by atoms with Gasteiger partial charge in [-0.3, -0.25) is 14.6 Å². The number of carboxylic acid groups (broad SMARTS) is 1. The molecule has 230 valence electrons. The fourth-order valence-corrected chi connectivity index (χ4v) is 5.67. The third-order valence-corrected chi connectivity index (χ3v) is 7.98. The van der Waals surface area contributed by atoms with Gasteiger partial charge in [-0.25, -0.2) is 9.59 Å². The number of alkyl carbamates (subject to hydrolysis) is 1. The molecule has 1 saturated heterocycles. The van der Waals surface area contributed by atoms with Crippen LogP contribution in [0.15, 0.2) is 36.5 Å². The number of rotatable bonds is 4. The Morgan fingerprint density at radius 2 is 2.00 bits per heavy atom. The largest absolute Gasteiger partial charge is 0.479 e. The van der Waals surface area contributed by atoms with Crippen LogP contribution in [0.4, 0.5) is 4.79 Å². The molecule has 0 bridgehead atoms. The average molecular weight is 595 g/mol. The van der Waals surface area contributed by atoms with E-state index >= 15 is 0 Å². The monoisotopic (exact) mass is 594 g/mol. The zero-order chi connectivity index (χ0) is 30.8. The Hall–Kier alpha value is -4.36. The van der Waals surface area contributed by atoms with E-state index in [2.05, 4.69) is 31.0 Å². The highest BCUT2D eigenvalue weighted by molar-refractivity contribution is 5.96.